The highest BCUT2D eigenvalue weighted by Crippen LogP contribution is 2.25. The number of halogens is 1. The fraction of sp³-hybridized carbons (Fsp3) is 0.462. The monoisotopic (exact) mass is 286 g/mol. The number of rotatable bonds is 4. The van der Waals surface area contributed by atoms with Crippen molar-refractivity contribution in [1.82, 2.24) is 4.90 Å². The second-order valence-electron chi connectivity index (χ2n) is 4.32. The summed E-state index contributed by atoms with van der Waals surface area (Å²) in [5.74, 6) is 1.77. The first-order valence-electron chi connectivity index (χ1n) is 5.95. The Labute approximate surface area is 119 Å². The maximum atomic E-state index is 11.4. The summed E-state index contributed by atoms with van der Waals surface area (Å²) < 4.78 is 0. The fourth-order valence-electron chi connectivity index (χ4n) is 2.06. The van der Waals surface area contributed by atoms with Crippen LogP contribution >= 0.6 is 24.2 Å². The van der Waals surface area contributed by atoms with Crippen molar-refractivity contribution < 1.29 is 4.79 Å². The number of thioether (sulfide) groups is 1. The topological polar surface area (TPSA) is 46.3 Å². The van der Waals surface area contributed by atoms with Crippen LogP contribution in [-0.2, 0) is 4.79 Å². The maximum Gasteiger partial charge on any atom is 0.236 e. The largest absolute Gasteiger partial charge is 0.341 e. The summed E-state index contributed by atoms with van der Waals surface area (Å²) >= 11 is 1.87. The molecule has 5 heteroatoms. The van der Waals surface area contributed by atoms with Gasteiger partial charge < -0.3 is 10.6 Å². The fourth-order valence-corrected chi connectivity index (χ4v) is 3.10. The minimum atomic E-state index is 0. The number of amides is 1. The molecule has 1 saturated heterocycles. The van der Waals surface area contributed by atoms with Crippen molar-refractivity contribution in [3.63, 3.8) is 0 Å². The lowest BCUT2D eigenvalue weighted by atomic mass is 10.2. The standard InChI is InChI=1S/C13H18N2OS.ClH/c14-8-13(16)15-7-6-11(9-15)10-17-12-4-2-1-3-5-12;/h1-5,11H,6-10,14H2;1H. The van der Waals surface area contributed by atoms with Crippen molar-refractivity contribution in [2.45, 2.75) is 11.3 Å². The molecule has 1 aromatic rings. The number of carbonyl (C=O) groups excluding carboxylic acids is 1. The molecule has 0 spiro atoms. The second-order valence-corrected chi connectivity index (χ2v) is 5.42. The summed E-state index contributed by atoms with van der Waals surface area (Å²) in [6.45, 7) is 1.88. The lowest BCUT2D eigenvalue weighted by molar-refractivity contribution is -0.128. The Bertz CT molecular complexity index is 375. The molecule has 0 radical (unpaired) electrons. The van der Waals surface area contributed by atoms with E-state index in [1.54, 1.807) is 0 Å². The zero-order valence-electron chi connectivity index (χ0n) is 10.2. The third-order valence-corrected chi connectivity index (χ3v) is 4.29. The van der Waals surface area contributed by atoms with Crippen LogP contribution in [-0.4, -0.2) is 36.2 Å². The lowest BCUT2D eigenvalue weighted by Gasteiger charge is -2.15. The molecular weight excluding hydrogens is 268 g/mol. The van der Waals surface area contributed by atoms with E-state index in [0.29, 0.717) is 5.92 Å². The molecule has 1 unspecified atom stereocenters. The average Bonchev–Trinajstić information content (AvgIpc) is 2.85. The summed E-state index contributed by atoms with van der Waals surface area (Å²) in [6.07, 6.45) is 1.10. The Hall–Kier alpha value is -0.710. The van der Waals surface area contributed by atoms with Crippen LogP contribution in [0.1, 0.15) is 6.42 Å². The Morgan fingerprint density at radius 2 is 2.11 bits per heavy atom. The summed E-state index contributed by atoms with van der Waals surface area (Å²) in [5, 5.41) is 0. The minimum absolute atomic E-state index is 0. The Kier molecular flexibility index (Phi) is 6.54. The van der Waals surface area contributed by atoms with Crippen LogP contribution in [0, 0.1) is 5.92 Å². The number of hydrogen-bond acceptors (Lipinski definition) is 3. The van der Waals surface area contributed by atoms with Gasteiger partial charge in [-0.2, -0.15) is 0 Å². The highest BCUT2D eigenvalue weighted by molar-refractivity contribution is 7.99. The van der Waals surface area contributed by atoms with Gasteiger partial charge in [0.25, 0.3) is 0 Å². The molecule has 1 heterocycles. The van der Waals surface area contributed by atoms with E-state index in [0.717, 1.165) is 25.3 Å². The van der Waals surface area contributed by atoms with E-state index in [1.807, 2.05) is 22.7 Å². The first-order chi connectivity index (χ1) is 8.29. The third kappa shape index (κ3) is 4.19. The predicted octanol–water partition coefficient (Wildman–Crippen LogP) is 2.01. The molecule has 0 bridgehead atoms. The van der Waals surface area contributed by atoms with Gasteiger partial charge in [-0.05, 0) is 24.5 Å². The smallest absolute Gasteiger partial charge is 0.236 e. The molecule has 0 saturated carbocycles. The van der Waals surface area contributed by atoms with Crippen molar-refractivity contribution in [2.75, 3.05) is 25.4 Å². The molecule has 0 aliphatic carbocycles. The number of benzene rings is 1. The van der Waals surface area contributed by atoms with Gasteiger partial charge in [-0.1, -0.05) is 18.2 Å². The first-order valence-corrected chi connectivity index (χ1v) is 6.94. The van der Waals surface area contributed by atoms with Crippen LogP contribution in [0.2, 0.25) is 0 Å². The number of likely N-dealkylation sites (tertiary alicyclic amines) is 1. The van der Waals surface area contributed by atoms with E-state index >= 15 is 0 Å². The van der Waals surface area contributed by atoms with E-state index < -0.39 is 0 Å². The van der Waals surface area contributed by atoms with Crippen LogP contribution in [0.25, 0.3) is 0 Å². The van der Waals surface area contributed by atoms with Gasteiger partial charge >= 0.3 is 0 Å². The Morgan fingerprint density at radius 1 is 1.39 bits per heavy atom. The molecule has 1 aliphatic rings. The van der Waals surface area contributed by atoms with Crippen molar-refractivity contribution >= 4 is 30.1 Å². The van der Waals surface area contributed by atoms with Crippen molar-refractivity contribution in [3.8, 4) is 0 Å². The summed E-state index contributed by atoms with van der Waals surface area (Å²) in [5.41, 5.74) is 5.37. The molecule has 3 nitrogen and oxygen atoms in total. The number of carbonyl (C=O) groups is 1. The summed E-state index contributed by atoms with van der Waals surface area (Å²) in [6, 6.07) is 10.4. The van der Waals surface area contributed by atoms with E-state index in [-0.39, 0.29) is 24.9 Å². The zero-order valence-corrected chi connectivity index (χ0v) is 11.9. The highest BCUT2D eigenvalue weighted by Gasteiger charge is 2.25. The van der Waals surface area contributed by atoms with Gasteiger partial charge in [0.15, 0.2) is 0 Å². The Morgan fingerprint density at radius 3 is 2.78 bits per heavy atom. The van der Waals surface area contributed by atoms with Gasteiger partial charge in [0.05, 0.1) is 6.54 Å². The van der Waals surface area contributed by atoms with E-state index in [2.05, 4.69) is 24.3 Å². The molecule has 1 amide bonds. The molecule has 2 N–H and O–H groups in total. The molecule has 18 heavy (non-hydrogen) atoms. The second kappa shape index (κ2) is 7.67. The average molecular weight is 287 g/mol. The maximum absolute atomic E-state index is 11.4. The molecule has 100 valence electrons. The molecule has 1 atom stereocenters. The van der Waals surface area contributed by atoms with Gasteiger partial charge in [0.2, 0.25) is 5.91 Å². The molecule has 2 rings (SSSR count). The van der Waals surface area contributed by atoms with Crippen LogP contribution in [0.3, 0.4) is 0 Å². The molecule has 1 aromatic carbocycles. The first kappa shape index (κ1) is 15.3. The van der Waals surface area contributed by atoms with Gasteiger partial charge in [0.1, 0.15) is 0 Å². The van der Waals surface area contributed by atoms with E-state index in [9.17, 15) is 4.79 Å². The molecule has 0 aromatic heterocycles. The summed E-state index contributed by atoms with van der Waals surface area (Å²) in [4.78, 5) is 14.6. The molecule has 1 fully saturated rings. The van der Waals surface area contributed by atoms with Gasteiger partial charge in [0, 0.05) is 23.7 Å². The van der Waals surface area contributed by atoms with E-state index in [1.165, 1.54) is 4.90 Å². The van der Waals surface area contributed by atoms with Crippen LogP contribution in [0.5, 0.6) is 0 Å². The third-order valence-electron chi connectivity index (χ3n) is 3.04. The molecular formula is C13H19ClN2OS. The quantitative estimate of drug-likeness (QED) is 0.861. The van der Waals surface area contributed by atoms with Crippen molar-refractivity contribution in [1.29, 1.82) is 0 Å². The van der Waals surface area contributed by atoms with Crippen LogP contribution in [0.4, 0.5) is 0 Å². The minimum Gasteiger partial charge on any atom is -0.341 e. The number of nitrogens with zero attached hydrogens (tertiary/aromatic N) is 1. The van der Waals surface area contributed by atoms with Gasteiger partial charge in [-0.15, -0.1) is 24.2 Å². The number of nitrogens with two attached hydrogens (primary N) is 1. The van der Waals surface area contributed by atoms with Crippen molar-refractivity contribution in [2.24, 2.45) is 11.7 Å². The van der Waals surface area contributed by atoms with Crippen molar-refractivity contribution in [3.05, 3.63) is 30.3 Å². The van der Waals surface area contributed by atoms with E-state index in [4.69, 9.17) is 5.73 Å². The normalized spacial score (nSPS) is 18.5. The van der Waals surface area contributed by atoms with Gasteiger partial charge in [-0.3, -0.25) is 4.79 Å². The van der Waals surface area contributed by atoms with Gasteiger partial charge in [-0.25, -0.2) is 0 Å². The predicted molar refractivity (Wildman–Crippen MR) is 78.2 cm³/mol. The van der Waals surface area contributed by atoms with Crippen LogP contribution in [0.15, 0.2) is 35.2 Å². The highest BCUT2D eigenvalue weighted by atomic mass is 35.5. The summed E-state index contributed by atoms with van der Waals surface area (Å²) in [7, 11) is 0. The Balaban J connectivity index is 0.00000162. The SMILES string of the molecule is Cl.NCC(=O)N1CCC(CSc2ccccc2)C1. The lowest BCUT2D eigenvalue weighted by Crippen LogP contribution is -2.34. The molecule has 1 aliphatic heterocycles. The zero-order chi connectivity index (χ0) is 12.1. The van der Waals surface area contributed by atoms with Crippen LogP contribution < -0.4 is 5.73 Å². The number of hydrogen-bond donors (Lipinski definition) is 1.